The maximum Gasteiger partial charge on any atom is 0.321 e. The van der Waals surface area contributed by atoms with Gasteiger partial charge in [0.05, 0.1) is 0 Å². The highest BCUT2D eigenvalue weighted by Gasteiger charge is 2.02. The maximum atomic E-state index is 11.2. The topological polar surface area (TPSA) is 77.0 Å². The summed E-state index contributed by atoms with van der Waals surface area (Å²) in [5.74, 6) is -0.0761. The number of carbonyl (C=O) groups excluding carboxylic acids is 1. The van der Waals surface area contributed by atoms with Crippen LogP contribution in [0.25, 0.3) is 0 Å². The summed E-state index contributed by atoms with van der Waals surface area (Å²) in [4.78, 5) is 11.2. The van der Waals surface area contributed by atoms with Crippen molar-refractivity contribution in [2.24, 2.45) is 0 Å². The molecule has 0 bridgehead atoms. The first-order valence-electron chi connectivity index (χ1n) is 4.78. The SMILES string of the molecule is C=CCNC(=O)NC(=N)Nc1ccccc1. The summed E-state index contributed by atoms with van der Waals surface area (Å²) >= 11 is 0. The molecule has 0 atom stereocenters. The fourth-order valence-corrected chi connectivity index (χ4v) is 1.02. The van der Waals surface area contributed by atoms with E-state index in [0.29, 0.717) is 6.54 Å². The largest absolute Gasteiger partial charge is 0.334 e. The summed E-state index contributed by atoms with van der Waals surface area (Å²) in [5, 5.41) is 15.1. The van der Waals surface area contributed by atoms with Crippen LogP contribution >= 0.6 is 0 Å². The number of urea groups is 1. The molecule has 4 N–H and O–H groups in total. The molecule has 1 rings (SSSR count). The van der Waals surface area contributed by atoms with Gasteiger partial charge in [0, 0.05) is 12.2 Å². The molecule has 1 aromatic carbocycles. The first kappa shape index (κ1) is 11.8. The zero-order valence-corrected chi connectivity index (χ0v) is 8.79. The lowest BCUT2D eigenvalue weighted by atomic mass is 10.3. The molecule has 5 nitrogen and oxygen atoms in total. The Balaban J connectivity index is 2.36. The number of amides is 2. The van der Waals surface area contributed by atoms with Crippen molar-refractivity contribution >= 4 is 17.7 Å². The van der Waals surface area contributed by atoms with Crippen LogP contribution in [0.4, 0.5) is 10.5 Å². The van der Waals surface area contributed by atoms with Crippen LogP contribution in [0.5, 0.6) is 0 Å². The molecular weight excluding hydrogens is 204 g/mol. The van der Waals surface area contributed by atoms with E-state index >= 15 is 0 Å². The van der Waals surface area contributed by atoms with Gasteiger partial charge >= 0.3 is 6.03 Å². The van der Waals surface area contributed by atoms with Crippen molar-refractivity contribution in [1.82, 2.24) is 10.6 Å². The molecule has 0 aliphatic rings. The van der Waals surface area contributed by atoms with Crippen LogP contribution in [-0.4, -0.2) is 18.5 Å². The molecule has 2 amide bonds. The molecule has 0 saturated heterocycles. The maximum absolute atomic E-state index is 11.2. The van der Waals surface area contributed by atoms with E-state index in [1.807, 2.05) is 18.2 Å². The summed E-state index contributed by atoms with van der Waals surface area (Å²) in [7, 11) is 0. The van der Waals surface area contributed by atoms with Crippen LogP contribution in [0.3, 0.4) is 0 Å². The van der Waals surface area contributed by atoms with E-state index in [-0.39, 0.29) is 5.96 Å². The van der Waals surface area contributed by atoms with E-state index in [1.165, 1.54) is 0 Å². The zero-order valence-electron chi connectivity index (χ0n) is 8.79. The molecule has 0 unspecified atom stereocenters. The molecule has 0 radical (unpaired) electrons. The second-order valence-corrected chi connectivity index (χ2v) is 2.99. The monoisotopic (exact) mass is 218 g/mol. The average molecular weight is 218 g/mol. The smallest absolute Gasteiger partial charge is 0.321 e. The molecule has 5 heteroatoms. The summed E-state index contributed by atoms with van der Waals surface area (Å²) in [6.45, 7) is 3.83. The van der Waals surface area contributed by atoms with Crippen LogP contribution in [0, 0.1) is 5.41 Å². The molecule has 0 aliphatic heterocycles. The number of benzene rings is 1. The van der Waals surface area contributed by atoms with Gasteiger partial charge in [0.25, 0.3) is 0 Å². The summed E-state index contributed by atoms with van der Waals surface area (Å²) in [5.41, 5.74) is 0.747. The lowest BCUT2D eigenvalue weighted by Gasteiger charge is -2.09. The average Bonchev–Trinajstić information content (AvgIpc) is 2.27. The van der Waals surface area contributed by atoms with Crippen molar-refractivity contribution in [3.63, 3.8) is 0 Å². The van der Waals surface area contributed by atoms with E-state index in [2.05, 4.69) is 22.5 Å². The van der Waals surface area contributed by atoms with Gasteiger partial charge in [-0.25, -0.2) is 4.79 Å². The zero-order chi connectivity index (χ0) is 11.8. The third kappa shape index (κ3) is 4.28. The molecule has 0 spiro atoms. The first-order valence-corrected chi connectivity index (χ1v) is 4.78. The van der Waals surface area contributed by atoms with Crippen molar-refractivity contribution in [2.45, 2.75) is 0 Å². The number of guanidine groups is 1. The molecule has 0 aliphatic carbocycles. The van der Waals surface area contributed by atoms with Crippen LogP contribution in [-0.2, 0) is 0 Å². The van der Waals surface area contributed by atoms with Gasteiger partial charge < -0.3 is 10.6 Å². The Morgan fingerprint density at radius 1 is 1.38 bits per heavy atom. The minimum absolute atomic E-state index is 0.0761. The van der Waals surface area contributed by atoms with E-state index in [9.17, 15) is 4.79 Å². The van der Waals surface area contributed by atoms with Crippen LogP contribution < -0.4 is 16.0 Å². The molecule has 1 aromatic rings. The van der Waals surface area contributed by atoms with E-state index < -0.39 is 6.03 Å². The molecule has 84 valence electrons. The molecule has 16 heavy (non-hydrogen) atoms. The number of hydrogen-bond acceptors (Lipinski definition) is 2. The first-order chi connectivity index (χ1) is 7.72. The highest BCUT2D eigenvalue weighted by molar-refractivity contribution is 6.01. The van der Waals surface area contributed by atoms with Gasteiger partial charge in [0.15, 0.2) is 0 Å². The van der Waals surface area contributed by atoms with Gasteiger partial charge in [-0.2, -0.15) is 0 Å². The van der Waals surface area contributed by atoms with Crippen molar-refractivity contribution in [3.8, 4) is 0 Å². The van der Waals surface area contributed by atoms with Gasteiger partial charge in [-0.05, 0) is 12.1 Å². The summed E-state index contributed by atoms with van der Waals surface area (Å²) in [6.07, 6.45) is 1.56. The van der Waals surface area contributed by atoms with Gasteiger partial charge in [-0.15, -0.1) is 6.58 Å². The lowest BCUT2D eigenvalue weighted by Crippen LogP contribution is -2.42. The van der Waals surface area contributed by atoms with E-state index in [1.54, 1.807) is 18.2 Å². The number of nitrogens with one attached hydrogen (secondary N) is 4. The Hall–Kier alpha value is -2.30. The molecule has 0 saturated carbocycles. The standard InChI is InChI=1S/C11H14N4O/c1-2-8-13-11(16)15-10(12)14-9-6-4-3-5-7-9/h2-7H,1,8H2,(H4,12,13,14,15,16). The quantitative estimate of drug-likeness (QED) is 0.352. The van der Waals surface area contributed by atoms with Crippen molar-refractivity contribution < 1.29 is 4.79 Å². The predicted molar refractivity (Wildman–Crippen MR) is 64.5 cm³/mol. The number of rotatable bonds is 3. The predicted octanol–water partition coefficient (Wildman–Crippen LogP) is 1.52. The van der Waals surface area contributed by atoms with Crippen molar-refractivity contribution in [2.75, 3.05) is 11.9 Å². The third-order valence-electron chi connectivity index (χ3n) is 1.69. The number of carbonyl (C=O) groups is 1. The summed E-state index contributed by atoms with van der Waals surface area (Å²) in [6, 6.07) is 8.73. The Morgan fingerprint density at radius 3 is 2.69 bits per heavy atom. The molecule has 0 fully saturated rings. The minimum atomic E-state index is -0.437. The molecule has 0 heterocycles. The van der Waals surface area contributed by atoms with E-state index in [4.69, 9.17) is 5.41 Å². The van der Waals surface area contributed by atoms with Gasteiger partial charge in [0.1, 0.15) is 0 Å². The normalized spacial score (nSPS) is 9.00. The fraction of sp³-hybridized carbons (Fsp3) is 0.0909. The van der Waals surface area contributed by atoms with Gasteiger partial charge in [0.2, 0.25) is 5.96 Å². The van der Waals surface area contributed by atoms with Crippen LogP contribution in [0.2, 0.25) is 0 Å². The Bertz CT molecular complexity index is 375. The van der Waals surface area contributed by atoms with Crippen LogP contribution in [0.15, 0.2) is 43.0 Å². The number of hydrogen-bond donors (Lipinski definition) is 4. The second kappa shape index (κ2) is 6.23. The third-order valence-corrected chi connectivity index (χ3v) is 1.69. The number of anilines is 1. The minimum Gasteiger partial charge on any atom is -0.334 e. The molecule has 0 aromatic heterocycles. The second-order valence-electron chi connectivity index (χ2n) is 2.99. The fourth-order valence-electron chi connectivity index (χ4n) is 1.02. The lowest BCUT2D eigenvalue weighted by molar-refractivity contribution is 0.246. The van der Waals surface area contributed by atoms with Crippen molar-refractivity contribution in [1.29, 1.82) is 5.41 Å². The highest BCUT2D eigenvalue weighted by atomic mass is 16.2. The Kier molecular flexibility index (Phi) is 4.59. The summed E-state index contributed by atoms with van der Waals surface area (Å²) < 4.78 is 0. The van der Waals surface area contributed by atoms with Crippen molar-refractivity contribution in [3.05, 3.63) is 43.0 Å². The Morgan fingerprint density at radius 2 is 2.06 bits per heavy atom. The van der Waals surface area contributed by atoms with Crippen LogP contribution in [0.1, 0.15) is 0 Å². The van der Waals surface area contributed by atoms with E-state index in [0.717, 1.165) is 5.69 Å². The number of para-hydroxylation sites is 1. The highest BCUT2D eigenvalue weighted by Crippen LogP contribution is 2.03. The van der Waals surface area contributed by atoms with Gasteiger partial charge in [-0.3, -0.25) is 10.7 Å². The Labute approximate surface area is 94.1 Å². The van der Waals surface area contributed by atoms with Gasteiger partial charge in [-0.1, -0.05) is 24.3 Å². The molecular formula is C11H14N4O.